The average molecular weight is 505 g/mol. The number of halogens is 2. The number of ether oxygens (including phenoxy) is 1. The van der Waals surface area contributed by atoms with Crippen molar-refractivity contribution in [3.63, 3.8) is 0 Å². The summed E-state index contributed by atoms with van der Waals surface area (Å²) in [6, 6.07) is 16.5. The zero-order valence-corrected chi connectivity index (χ0v) is 18.9. The number of hydrogen-bond acceptors (Lipinski definition) is 7. The van der Waals surface area contributed by atoms with Gasteiger partial charge in [-0.1, -0.05) is 52.7 Å². The van der Waals surface area contributed by atoms with E-state index in [9.17, 15) is 18.0 Å². The van der Waals surface area contributed by atoms with Gasteiger partial charge >= 0.3 is 5.97 Å². The van der Waals surface area contributed by atoms with Crippen LogP contribution in [0.4, 0.5) is 5.69 Å². The van der Waals surface area contributed by atoms with Crippen LogP contribution in [0, 0.1) is 0 Å². The number of anilines is 1. The van der Waals surface area contributed by atoms with Crippen LogP contribution in [0.15, 0.2) is 76.4 Å². The molecular weight excluding hydrogens is 491 g/mol. The molecule has 0 unspecified atom stereocenters. The Bertz CT molecular complexity index is 1540. The van der Waals surface area contributed by atoms with Gasteiger partial charge in [0.25, 0.3) is 15.6 Å². The van der Waals surface area contributed by atoms with E-state index < -0.39 is 28.3 Å². The van der Waals surface area contributed by atoms with Crippen LogP contribution < -0.4 is 10.3 Å². The Labute approximate surface area is 197 Å². The Morgan fingerprint density at radius 1 is 1.00 bits per heavy atom. The summed E-state index contributed by atoms with van der Waals surface area (Å²) in [6.45, 7) is -0.516. The highest BCUT2D eigenvalue weighted by molar-refractivity contribution is 7.92. The van der Waals surface area contributed by atoms with Crippen molar-refractivity contribution in [3.05, 3.63) is 92.7 Å². The molecule has 0 aliphatic carbocycles. The lowest BCUT2D eigenvalue weighted by atomic mass is 10.2. The maximum Gasteiger partial charge on any atom is 0.339 e. The summed E-state index contributed by atoms with van der Waals surface area (Å²) in [5.74, 6) is -0.886. The molecule has 0 aliphatic rings. The first-order chi connectivity index (χ1) is 15.8. The number of carbonyl (C=O) groups is 1. The van der Waals surface area contributed by atoms with Crippen molar-refractivity contribution in [1.29, 1.82) is 0 Å². The number of aromatic nitrogens is 3. The smallest absolute Gasteiger partial charge is 0.339 e. The molecule has 168 valence electrons. The summed E-state index contributed by atoms with van der Waals surface area (Å²) in [5.41, 5.74) is -0.0291. The number of benzene rings is 3. The topological polar surface area (TPSA) is 120 Å². The fraction of sp³-hybridized carbons (Fsp3) is 0.0476. The minimum absolute atomic E-state index is 0.0965. The van der Waals surface area contributed by atoms with E-state index in [0.717, 1.165) is 10.7 Å². The van der Waals surface area contributed by atoms with E-state index in [-0.39, 0.29) is 26.2 Å². The molecule has 0 spiro atoms. The molecule has 4 rings (SSSR count). The molecule has 4 aromatic rings. The summed E-state index contributed by atoms with van der Waals surface area (Å²) in [6.07, 6.45) is 0. The Hall–Kier alpha value is -3.47. The lowest BCUT2D eigenvalue weighted by Gasteiger charge is -2.12. The molecule has 33 heavy (non-hydrogen) atoms. The van der Waals surface area contributed by atoms with Gasteiger partial charge in [0, 0.05) is 0 Å². The first kappa shape index (κ1) is 22.7. The van der Waals surface area contributed by atoms with Gasteiger partial charge in [-0.25, -0.2) is 13.2 Å². The Kier molecular flexibility index (Phi) is 6.32. The van der Waals surface area contributed by atoms with E-state index in [1.165, 1.54) is 24.3 Å². The average Bonchev–Trinajstić information content (AvgIpc) is 2.80. The second-order valence-electron chi connectivity index (χ2n) is 6.70. The Balaban J connectivity index is 1.56. The molecule has 9 nitrogen and oxygen atoms in total. The molecule has 0 bridgehead atoms. The third-order valence-electron chi connectivity index (χ3n) is 4.52. The molecule has 1 aromatic heterocycles. The Morgan fingerprint density at radius 2 is 1.73 bits per heavy atom. The van der Waals surface area contributed by atoms with Crippen molar-refractivity contribution in [2.24, 2.45) is 0 Å². The zero-order valence-electron chi connectivity index (χ0n) is 16.6. The van der Waals surface area contributed by atoms with Crippen LogP contribution in [0.5, 0.6) is 0 Å². The summed E-state index contributed by atoms with van der Waals surface area (Å²) in [7, 11) is -4.17. The minimum Gasteiger partial charge on any atom is -0.439 e. The van der Waals surface area contributed by atoms with Crippen LogP contribution in [-0.2, 0) is 21.5 Å². The molecule has 0 radical (unpaired) electrons. The van der Waals surface area contributed by atoms with E-state index in [2.05, 4.69) is 15.0 Å². The quantitative estimate of drug-likeness (QED) is 0.397. The third kappa shape index (κ3) is 4.82. The highest BCUT2D eigenvalue weighted by Gasteiger charge is 2.22. The van der Waals surface area contributed by atoms with Crippen LogP contribution in [-0.4, -0.2) is 29.4 Å². The number of hydrogen-bond donors (Lipinski definition) is 1. The Morgan fingerprint density at radius 3 is 2.52 bits per heavy atom. The maximum absolute atomic E-state index is 12.8. The summed E-state index contributed by atoms with van der Waals surface area (Å²) >= 11 is 12.1. The zero-order chi connectivity index (χ0) is 23.6. The van der Waals surface area contributed by atoms with E-state index in [4.69, 9.17) is 27.9 Å². The second kappa shape index (κ2) is 9.18. The molecule has 0 saturated heterocycles. The first-order valence-corrected chi connectivity index (χ1v) is 11.6. The summed E-state index contributed by atoms with van der Waals surface area (Å²) < 4.78 is 34.0. The number of nitrogens with zero attached hydrogens (tertiary/aromatic N) is 3. The van der Waals surface area contributed by atoms with Gasteiger partial charge in [0.1, 0.15) is 10.4 Å². The molecular formula is C21H14Cl2N4O5S. The third-order valence-corrected chi connectivity index (χ3v) is 6.70. The summed E-state index contributed by atoms with van der Waals surface area (Å²) in [5, 5.41) is 8.03. The number of carbonyl (C=O) groups excluding carboxylic acids is 1. The van der Waals surface area contributed by atoms with Crippen LogP contribution in [0.2, 0.25) is 10.0 Å². The molecule has 1 N–H and O–H groups in total. The van der Waals surface area contributed by atoms with Crippen LogP contribution in [0.3, 0.4) is 0 Å². The SMILES string of the molecule is O=C(OCn1nnc2ccccc2c1=O)c1ccc(Cl)c(S(=O)(=O)Nc2ccccc2Cl)c1. The molecule has 3 aromatic carbocycles. The molecule has 12 heteroatoms. The largest absolute Gasteiger partial charge is 0.439 e. The standard InChI is InChI=1S/C21H14Cl2N4O5S/c22-15-6-2-4-8-18(15)25-33(30,31)19-11-13(9-10-16(19)23)21(29)32-12-27-20(28)14-5-1-3-7-17(14)24-26-27/h1-11,25H,12H2. The highest BCUT2D eigenvalue weighted by atomic mass is 35.5. The van der Waals surface area contributed by atoms with Crippen molar-refractivity contribution in [3.8, 4) is 0 Å². The summed E-state index contributed by atoms with van der Waals surface area (Å²) in [4.78, 5) is 24.6. The van der Waals surface area contributed by atoms with Crippen molar-refractivity contribution in [2.75, 3.05) is 4.72 Å². The van der Waals surface area contributed by atoms with Gasteiger partial charge in [-0.05, 0) is 42.5 Å². The molecule has 0 aliphatic heterocycles. The van der Waals surface area contributed by atoms with E-state index in [1.807, 2.05) is 0 Å². The molecule has 0 saturated carbocycles. The molecule has 0 fully saturated rings. The van der Waals surface area contributed by atoms with E-state index >= 15 is 0 Å². The number of fused-ring (bicyclic) bond motifs is 1. The van der Waals surface area contributed by atoms with Crippen molar-refractivity contribution in [2.45, 2.75) is 11.6 Å². The van der Waals surface area contributed by atoms with Crippen LogP contribution in [0.25, 0.3) is 10.9 Å². The van der Waals surface area contributed by atoms with E-state index in [1.54, 1.807) is 36.4 Å². The minimum atomic E-state index is -4.17. The second-order valence-corrected chi connectivity index (χ2v) is 9.17. The lowest BCUT2D eigenvalue weighted by Crippen LogP contribution is -2.26. The monoisotopic (exact) mass is 504 g/mol. The molecule has 1 heterocycles. The van der Waals surface area contributed by atoms with Gasteiger partial charge in [0.2, 0.25) is 0 Å². The van der Waals surface area contributed by atoms with Gasteiger partial charge in [0.05, 0.1) is 26.7 Å². The molecule has 0 amide bonds. The molecule has 0 atom stereocenters. The van der Waals surface area contributed by atoms with Crippen molar-refractivity contribution >= 4 is 55.8 Å². The van der Waals surface area contributed by atoms with Crippen LogP contribution >= 0.6 is 23.2 Å². The fourth-order valence-corrected chi connectivity index (χ4v) is 4.74. The van der Waals surface area contributed by atoms with Crippen LogP contribution in [0.1, 0.15) is 10.4 Å². The predicted molar refractivity (Wildman–Crippen MR) is 123 cm³/mol. The van der Waals surface area contributed by atoms with E-state index in [0.29, 0.717) is 10.9 Å². The normalized spacial score (nSPS) is 11.3. The van der Waals surface area contributed by atoms with Gasteiger partial charge in [-0.15, -0.1) is 5.10 Å². The number of sulfonamides is 1. The highest BCUT2D eigenvalue weighted by Crippen LogP contribution is 2.28. The lowest BCUT2D eigenvalue weighted by molar-refractivity contribution is 0.0336. The number of rotatable bonds is 6. The number of nitrogens with one attached hydrogen (secondary N) is 1. The first-order valence-electron chi connectivity index (χ1n) is 9.33. The number of esters is 1. The van der Waals surface area contributed by atoms with Gasteiger partial charge in [0.15, 0.2) is 6.73 Å². The predicted octanol–water partition coefficient (Wildman–Crippen LogP) is 3.71. The van der Waals surface area contributed by atoms with Crippen molar-refractivity contribution in [1.82, 2.24) is 15.0 Å². The van der Waals surface area contributed by atoms with Gasteiger partial charge < -0.3 is 4.74 Å². The van der Waals surface area contributed by atoms with Gasteiger partial charge in [-0.3, -0.25) is 9.52 Å². The fourth-order valence-electron chi connectivity index (χ4n) is 2.89. The maximum atomic E-state index is 12.8. The van der Waals surface area contributed by atoms with Crippen molar-refractivity contribution < 1.29 is 17.9 Å². The van der Waals surface area contributed by atoms with Gasteiger partial charge in [-0.2, -0.15) is 4.68 Å². The number of para-hydroxylation sites is 1.